The molecule has 4 nitrogen and oxygen atoms in total. The van der Waals surface area contributed by atoms with Crippen molar-refractivity contribution in [3.63, 3.8) is 0 Å². The molecule has 0 bridgehead atoms. The summed E-state index contributed by atoms with van der Waals surface area (Å²) >= 11 is 0. The van der Waals surface area contributed by atoms with E-state index in [0.717, 1.165) is 18.7 Å². The van der Waals surface area contributed by atoms with E-state index < -0.39 is 5.97 Å². The molecule has 1 fully saturated rings. The van der Waals surface area contributed by atoms with Gasteiger partial charge in [0.2, 0.25) is 0 Å². The molecule has 0 aromatic carbocycles. The Balaban J connectivity index is 2.36. The molecule has 4 heteroatoms. The van der Waals surface area contributed by atoms with Gasteiger partial charge < -0.3 is 10.4 Å². The van der Waals surface area contributed by atoms with Crippen molar-refractivity contribution in [1.82, 2.24) is 10.3 Å². The molecular weight excluding hydrogens is 168 g/mol. The monoisotopic (exact) mass is 178 g/mol. The molecule has 0 amide bonds. The summed E-state index contributed by atoms with van der Waals surface area (Å²) < 4.78 is 0. The average Bonchev–Trinajstić information content (AvgIpc) is 2.02. The number of hydrogen-bond donors (Lipinski definition) is 2. The third-order valence-corrected chi connectivity index (χ3v) is 2.26. The van der Waals surface area contributed by atoms with Crippen molar-refractivity contribution in [3.8, 4) is 0 Å². The number of pyridine rings is 1. The lowest BCUT2D eigenvalue weighted by Gasteiger charge is -2.27. The normalized spacial score (nSPS) is 16.6. The van der Waals surface area contributed by atoms with Gasteiger partial charge in [0.25, 0.3) is 0 Å². The second-order valence-corrected chi connectivity index (χ2v) is 3.10. The van der Waals surface area contributed by atoms with Crippen molar-refractivity contribution in [1.29, 1.82) is 0 Å². The first-order chi connectivity index (χ1) is 6.29. The van der Waals surface area contributed by atoms with Crippen LogP contribution in [0.3, 0.4) is 0 Å². The summed E-state index contributed by atoms with van der Waals surface area (Å²) in [7, 11) is 0. The van der Waals surface area contributed by atoms with Crippen LogP contribution in [0.1, 0.15) is 22.0 Å². The van der Waals surface area contributed by atoms with Crippen LogP contribution >= 0.6 is 0 Å². The number of aromatic nitrogens is 1. The Bertz CT molecular complexity index is 334. The molecule has 0 spiro atoms. The largest absolute Gasteiger partial charge is 0.477 e. The van der Waals surface area contributed by atoms with Crippen molar-refractivity contribution >= 4 is 5.97 Å². The minimum atomic E-state index is -0.942. The second kappa shape index (κ2) is 3.14. The van der Waals surface area contributed by atoms with Crippen LogP contribution in [-0.2, 0) is 0 Å². The van der Waals surface area contributed by atoms with Crippen LogP contribution in [0.25, 0.3) is 0 Å². The van der Waals surface area contributed by atoms with Gasteiger partial charge in [-0.1, -0.05) is 6.07 Å². The zero-order valence-corrected chi connectivity index (χ0v) is 7.03. The number of carboxylic acids is 1. The quantitative estimate of drug-likeness (QED) is 0.691. The molecule has 2 heterocycles. The van der Waals surface area contributed by atoms with E-state index in [9.17, 15) is 4.79 Å². The zero-order chi connectivity index (χ0) is 9.26. The van der Waals surface area contributed by atoms with E-state index >= 15 is 0 Å². The van der Waals surface area contributed by atoms with Gasteiger partial charge in [0.05, 0.1) is 0 Å². The van der Waals surface area contributed by atoms with Crippen molar-refractivity contribution in [2.75, 3.05) is 13.1 Å². The number of rotatable bonds is 2. The molecule has 0 atom stereocenters. The first-order valence-electron chi connectivity index (χ1n) is 4.18. The minimum Gasteiger partial charge on any atom is -0.477 e. The Hall–Kier alpha value is -1.42. The summed E-state index contributed by atoms with van der Waals surface area (Å²) in [5.41, 5.74) is 1.03. The van der Waals surface area contributed by atoms with Gasteiger partial charge in [0.1, 0.15) is 0 Å². The molecule has 2 N–H and O–H groups in total. The average molecular weight is 178 g/mol. The highest BCUT2D eigenvalue weighted by Crippen LogP contribution is 2.21. The molecular formula is C9H10N2O2. The van der Waals surface area contributed by atoms with Crippen LogP contribution in [0, 0.1) is 0 Å². The molecule has 68 valence electrons. The summed E-state index contributed by atoms with van der Waals surface area (Å²) in [6.07, 6.45) is 1.51. The maximum Gasteiger partial charge on any atom is 0.354 e. The van der Waals surface area contributed by atoms with Gasteiger partial charge in [-0.25, -0.2) is 9.78 Å². The van der Waals surface area contributed by atoms with Gasteiger partial charge in [-0.15, -0.1) is 0 Å². The van der Waals surface area contributed by atoms with Gasteiger partial charge in [-0.2, -0.15) is 0 Å². The van der Waals surface area contributed by atoms with Crippen LogP contribution < -0.4 is 5.32 Å². The molecule has 0 unspecified atom stereocenters. The summed E-state index contributed by atoms with van der Waals surface area (Å²) in [4.78, 5) is 14.6. The van der Waals surface area contributed by atoms with E-state index in [0.29, 0.717) is 5.92 Å². The number of carbonyl (C=O) groups is 1. The van der Waals surface area contributed by atoms with Gasteiger partial charge >= 0.3 is 5.97 Å². The Kier molecular flexibility index (Phi) is 1.98. The fraction of sp³-hybridized carbons (Fsp3) is 0.333. The van der Waals surface area contributed by atoms with E-state index in [1.54, 1.807) is 6.07 Å². The number of nitrogens with zero attached hydrogens (tertiary/aromatic N) is 1. The van der Waals surface area contributed by atoms with Gasteiger partial charge in [-0.05, 0) is 11.6 Å². The van der Waals surface area contributed by atoms with Crippen LogP contribution in [0.5, 0.6) is 0 Å². The molecule has 13 heavy (non-hydrogen) atoms. The van der Waals surface area contributed by atoms with Crippen LogP contribution in [0.2, 0.25) is 0 Å². The van der Waals surface area contributed by atoms with E-state index in [4.69, 9.17) is 5.11 Å². The van der Waals surface area contributed by atoms with E-state index in [1.165, 1.54) is 6.20 Å². The summed E-state index contributed by atoms with van der Waals surface area (Å²) in [5.74, 6) is -0.623. The smallest absolute Gasteiger partial charge is 0.354 e. The SMILES string of the molecule is O=C(O)c1ncccc1C1CNC1. The van der Waals surface area contributed by atoms with Crippen molar-refractivity contribution in [3.05, 3.63) is 29.6 Å². The maximum atomic E-state index is 10.8. The minimum absolute atomic E-state index is 0.189. The molecule has 1 aromatic rings. The standard InChI is InChI=1S/C9H10N2O2/c12-9(13)8-7(2-1-3-11-8)6-4-10-5-6/h1-3,6,10H,4-5H2,(H,12,13). The molecule has 0 saturated carbocycles. The fourth-order valence-corrected chi connectivity index (χ4v) is 1.43. The number of aromatic carboxylic acids is 1. The molecule has 1 aliphatic heterocycles. The molecule has 1 aliphatic rings. The second-order valence-electron chi connectivity index (χ2n) is 3.10. The maximum absolute atomic E-state index is 10.8. The first-order valence-corrected chi connectivity index (χ1v) is 4.18. The summed E-state index contributed by atoms with van der Waals surface area (Å²) in [6.45, 7) is 1.71. The molecule has 2 rings (SSSR count). The van der Waals surface area contributed by atoms with E-state index in [2.05, 4.69) is 10.3 Å². The lowest BCUT2D eigenvalue weighted by molar-refractivity contribution is 0.0688. The van der Waals surface area contributed by atoms with Crippen molar-refractivity contribution in [2.45, 2.75) is 5.92 Å². The van der Waals surface area contributed by atoms with Gasteiger partial charge in [0, 0.05) is 25.2 Å². The Morgan fingerprint density at radius 2 is 2.38 bits per heavy atom. The highest BCUT2D eigenvalue weighted by molar-refractivity contribution is 5.87. The van der Waals surface area contributed by atoms with Crippen molar-refractivity contribution in [2.24, 2.45) is 0 Å². The summed E-state index contributed by atoms with van der Waals surface area (Å²) in [6, 6.07) is 3.61. The van der Waals surface area contributed by atoms with E-state index in [-0.39, 0.29) is 5.69 Å². The predicted molar refractivity (Wildman–Crippen MR) is 46.8 cm³/mol. The first kappa shape index (κ1) is 8.19. The fourth-order valence-electron chi connectivity index (χ4n) is 1.43. The Morgan fingerprint density at radius 3 is 2.92 bits per heavy atom. The Morgan fingerprint density at radius 1 is 1.62 bits per heavy atom. The number of carboxylic acid groups (broad SMARTS) is 1. The van der Waals surface area contributed by atoms with Crippen LogP contribution in [-0.4, -0.2) is 29.1 Å². The molecule has 1 saturated heterocycles. The molecule has 0 radical (unpaired) electrons. The number of nitrogens with one attached hydrogen (secondary N) is 1. The van der Waals surface area contributed by atoms with Crippen LogP contribution in [0.4, 0.5) is 0 Å². The number of hydrogen-bond acceptors (Lipinski definition) is 3. The molecule has 0 aliphatic carbocycles. The lowest BCUT2D eigenvalue weighted by atomic mass is 9.92. The van der Waals surface area contributed by atoms with Crippen molar-refractivity contribution < 1.29 is 9.90 Å². The van der Waals surface area contributed by atoms with E-state index in [1.807, 2.05) is 6.07 Å². The molecule has 1 aromatic heterocycles. The topological polar surface area (TPSA) is 62.2 Å². The zero-order valence-electron chi connectivity index (χ0n) is 7.03. The third kappa shape index (κ3) is 1.40. The van der Waals surface area contributed by atoms with Crippen LogP contribution in [0.15, 0.2) is 18.3 Å². The predicted octanol–water partition coefficient (Wildman–Crippen LogP) is 0.467. The van der Waals surface area contributed by atoms with Gasteiger partial charge in [-0.3, -0.25) is 0 Å². The highest BCUT2D eigenvalue weighted by Gasteiger charge is 2.24. The lowest BCUT2D eigenvalue weighted by Crippen LogP contribution is -2.40. The summed E-state index contributed by atoms with van der Waals surface area (Å²) in [5, 5.41) is 12.0. The highest BCUT2D eigenvalue weighted by atomic mass is 16.4. The third-order valence-electron chi connectivity index (χ3n) is 2.26. The van der Waals surface area contributed by atoms with Gasteiger partial charge in [0.15, 0.2) is 5.69 Å². The Labute approximate surface area is 75.6 Å².